The van der Waals surface area contributed by atoms with Gasteiger partial charge in [0.05, 0.1) is 17.1 Å². The smallest absolute Gasteiger partial charge is 0.238 e. The summed E-state index contributed by atoms with van der Waals surface area (Å²) in [6, 6.07) is 14.4. The van der Waals surface area contributed by atoms with Crippen molar-refractivity contribution in [2.45, 2.75) is 13.0 Å². The summed E-state index contributed by atoms with van der Waals surface area (Å²) in [5, 5.41) is 12.0. The van der Waals surface area contributed by atoms with Gasteiger partial charge in [-0.05, 0) is 36.9 Å². The number of ether oxygens (including phenoxy) is 2. The van der Waals surface area contributed by atoms with Crippen LogP contribution in [0.3, 0.4) is 0 Å². The predicted octanol–water partition coefficient (Wildman–Crippen LogP) is 3.31. The molecule has 0 aromatic heterocycles. The number of halogens is 1. The minimum absolute atomic E-state index is 0.142. The Morgan fingerprint density at radius 1 is 1.33 bits per heavy atom. The number of nitrogens with zero attached hydrogens (tertiary/aromatic N) is 2. The van der Waals surface area contributed by atoms with Crippen molar-refractivity contribution in [3.8, 4) is 17.6 Å². The molecule has 0 saturated carbocycles. The molecule has 1 unspecified atom stereocenters. The van der Waals surface area contributed by atoms with Gasteiger partial charge in [0.2, 0.25) is 5.91 Å². The summed E-state index contributed by atoms with van der Waals surface area (Å²) in [6.07, 6.45) is -0.142. The van der Waals surface area contributed by atoms with Crippen molar-refractivity contribution in [3.63, 3.8) is 0 Å². The SMILES string of the molecule is CCN(CC(=O)Nc1ccc(C#N)c(Cl)c1)CC1COc2ccccc2O1. The molecule has 1 atom stereocenters. The fourth-order valence-electron chi connectivity index (χ4n) is 2.83. The number of carbonyl (C=O) groups excluding carboxylic acids is 1. The van der Waals surface area contributed by atoms with Crippen molar-refractivity contribution in [2.24, 2.45) is 0 Å². The second kappa shape index (κ2) is 8.76. The highest BCUT2D eigenvalue weighted by atomic mass is 35.5. The number of hydrogen-bond donors (Lipinski definition) is 1. The maximum absolute atomic E-state index is 12.4. The van der Waals surface area contributed by atoms with Crippen LogP contribution in [0.1, 0.15) is 12.5 Å². The summed E-state index contributed by atoms with van der Waals surface area (Å²) in [5.41, 5.74) is 0.936. The molecule has 0 saturated heterocycles. The van der Waals surface area contributed by atoms with E-state index in [-0.39, 0.29) is 18.6 Å². The van der Waals surface area contributed by atoms with Crippen LogP contribution in [-0.2, 0) is 4.79 Å². The molecule has 3 rings (SSSR count). The Bertz CT molecular complexity index is 866. The summed E-state index contributed by atoms with van der Waals surface area (Å²) < 4.78 is 11.7. The zero-order valence-corrected chi connectivity index (χ0v) is 15.7. The first-order valence-electron chi connectivity index (χ1n) is 8.69. The number of amides is 1. The van der Waals surface area contributed by atoms with Gasteiger partial charge in [-0.1, -0.05) is 30.7 Å². The van der Waals surface area contributed by atoms with Gasteiger partial charge in [-0.2, -0.15) is 5.26 Å². The van der Waals surface area contributed by atoms with E-state index in [1.807, 2.05) is 42.2 Å². The molecule has 0 radical (unpaired) electrons. The molecule has 7 heteroatoms. The molecule has 1 amide bonds. The second-order valence-corrected chi connectivity index (χ2v) is 6.59. The molecule has 1 aliphatic heterocycles. The van der Waals surface area contributed by atoms with Crippen LogP contribution in [0.15, 0.2) is 42.5 Å². The summed E-state index contributed by atoms with van der Waals surface area (Å²) >= 11 is 6.00. The van der Waals surface area contributed by atoms with E-state index in [1.165, 1.54) is 0 Å². The lowest BCUT2D eigenvalue weighted by molar-refractivity contribution is -0.117. The molecule has 6 nitrogen and oxygen atoms in total. The van der Waals surface area contributed by atoms with Crippen LogP contribution in [-0.4, -0.2) is 43.2 Å². The second-order valence-electron chi connectivity index (χ2n) is 6.18. The zero-order chi connectivity index (χ0) is 19.2. The first-order chi connectivity index (χ1) is 13.1. The number of nitrogens with one attached hydrogen (secondary N) is 1. The maximum Gasteiger partial charge on any atom is 0.238 e. The lowest BCUT2D eigenvalue weighted by Gasteiger charge is -2.30. The monoisotopic (exact) mass is 385 g/mol. The van der Waals surface area contributed by atoms with Crippen molar-refractivity contribution < 1.29 is 14.3 Å². The highest BCUT2D eigenvalue weighted by Crippen LogP contribution is 2.31. The van der Waals surface area contributed by atoms with Gasteiger partial charge >= 0.3 is 0 Å². The van der Waals surface area contributed by atoms with E-state index in [9.17, 15) is 4.79 Å². The zero-order valence-electron chi connectivity index (χ0n) is 14.9. The van der Waals surface area contributed by atoms with Crippen LogP contribution in [0.25, 0.3) is 0 Å². The molecule has 1 aliphatic rings. The number of fused-ring (bicyclic) bond motifs is 1. The number of anilines is 1. The Labute approximate surface area is 163 Å². The van der Waals surface area contributed by atoms with Crippen molar-refractivity contribution in [3.05, 3.63) is 53.1 Å². The van der Waals surface area contributed by atoms with E-state index in [1.54, 1.807) is 18.2 Å². The number of benzene rings is 2. The Morgan fingerprint density at radius 3 is 2.81 bits per heavy atom. The number of carbonyl (C=O) groups is 1. The van der Waals surface area contributed by atoms with E-state index >= 15 is 0 Å². The first kappa shape index (κ1) is 19.0. The van der Waals surface area contributed by atoms with E-state index in [0.29, 0.717) is 36.0 Å². The van der Waals surface area contributed by atoms with E-state index in [0.717, 1.165) is 11.5 Å². The van der Waals surface area contributed by atoms with Crippen molar-refractivity contribution >= 4 is 23.2 Å². The Morgan fingerprint density at radius 2 is 2.11 bits per heavy atom. The van der Waals surface area contributed by atoms with Gasteiger partial charge in [-0.15, -0.1) is 0 Å². The van der Waals surface area contributed by atoms with Gasteiger partial charge in [0, 0.05) is 12.2 Å². The summed E-state index contributed by atoms with van der Waals surface area (Å²) in [4.78, 5) is 14.3. The van der Waals surface area contributed by atoms with Crippen molar-refractivity contribution in [1.82, 2.24) is 4.90 Å². The standard InChI is InChI=1S/C20H20ClN3O3/c1-2-24(11-16-13-26-18-5-3-4-6-19(18)27-16)12-20(25)23-15-8-7-14(10-22)17(21)9-15/h3-9,16H,2,11-13H2,1H3,(H,23,25). The Balaban J connectivity index is 1.55. The number of nitriles is 1. The highest BCUT2D eigenvalue weighted by molar-refractivity contribution is 6.32. The van der Waals surface area contributed by atoms with Crippen LogP contribution in [0.4, 0.5) is 5.69 Å². The Hall–Kier alpha value is -2.75. The van der Waals surface area contributed by atoms with Gasteiger partial charge in [0.15, 0.2) is 11.5 Å². The maximum atomic E-state index is 12.4. The minimum atomic E-state index is -0.158. The normalized spacial score (nSPS) is 15.3. The average Bonchev–Trinajstić information content (AvgIpc) is 2.67. The number of hydrogen-bond acceptors (Lipinski definition) is 5. The molecule has 1 N–H and O–H groups in total. The summed E-state index contributed by atoms with van der Waals surface area (Å²) in [7, 11) is 0. The average molecular weight is 386 g/mol. The highest BCUT2D eigenvalue weighted by Gasteiger charge is 2.23. The molecular formula is C20H20ClN3O3. The molecule has 0 spiro atoms. The van der Waals surface area contributed by atoms with Gasteiger partial charge in [-0.3, -0.25) is 9.69 Å². The lowest BCUT2D eigenvalue weighted by Crippen LogP contribution is -2.43. The van der Waals surface area contributed by atoms with Crippen LogP contribution >= 0.6 is 11.6 Å². The third kappa shape index (κ3) is 4.91. The van der Waals surface area contributed by atoms with Crippen LogP contribution in [0, 0.1) is 11.3 Å². The molecule has 140 valence electrons. The number of para-hydroxylation sites is 2. The van der Waals surface area contributed by atoms with Crippen LogP contribution in [0.5, 0.6) is 11.5 Å². The van der Waals surface area contributed by atoms with Crippen LogP contribution in [0.2, 0.25) is 5.02 Å². The van der Waals surface area contributed by atoms with Crippen molar-refractivity contribution in [2.75, 3.05) is 31.6 Å². The number of rotatable bonds is 6. The number of likely N-dealkylation sites (N-methyl/N-ethyl adjacent to an activating group) is 1. The van der Waals surface area contributed by atoms with Gasteiger partial charge in [0.1, 0.15) is 18.8 Å². The molecule has 2 aromatic rings. The van der Waals surface area contributed by atoms with Gasteiger partial charge in [0.25, 0.3) is 0 Å². The van der Waals surface area contributed by atoms with Gasteiger partial charge in [-0.25, -0.2) is 0 Å². The molecule has 0 fully saturated rings. The van der Waals surface area contributed by atoms with Crippen LogP contribution < -0.4 is 14.8 Å². The molecule has 0 aliphatic carbocycles. The molecule has 1 heterocycles. The lowest BCUT2D eigenvalue weighted by atomic mass is 10.2. The molecular weight excluding hydrogens is 366 g/mol. The molecule has 2 aromatic carbocycles. The summed E-state index contributed by atoms with van der Waals surface area (Å²) in [5.74, 6) is 1.31. The first-order valence-corrected chi connectivity index (χ1v) is 9.07. The molecule has 27 heavy (non-hydrogen) atoms. The third-order valence-corrected chi connectivity index (χ3v) is 4.53. The predicted molar refractivity (Wildman–Crippen MR) is 103 cm³/mol. The fourth-order valence-corrected chi connectivity index (χ4v) is 3.06. The fraction of sp³-hybridized carbons (Fsp3) is 0.300. The largest absolute Gasteiger partial charge is 0.486 e. The third-order valence-electron chi connectivity index (χ3n) is 4.22. The van der Waals surface area contributed by atoms with E-state index in [4.69, 9.17) is 26.3 Å². The Kier molecular flexibility index (Phi) is 6.17. The minimum Gasteiger partial charge on any atom is -0.486 e. The molecule has 0 bridgehead atoms. The quantitative estimate of drug-likeness (QED) is 0.825. The summed E-state index contributed by atoms with van der Waals surface area (Å²) in [6.45, 7) is 3.93. The van der Waals surface area contributed by atoms with E-state index < -0.39 is 0 Å². The van der Waals surface area contributed by atoms with E-state index in [2.05, 4.69) is 5.32 Å². The van der Waals surface area contributed by atoms with Gasteiger partial charge < -0.3 is 14.8 Å². The van der Waals surface area contributed by atoms with Crippen molar-refractivity contribution in [1.29, 1.82) is 5.26 Å². The topological polar surface area (TPSA) is 74.6 Å².